The Labute approximate surface area is 185 Å². The maximum atomic E-state index is 13.5. The fraction of sp³-hybridized carbons (Fsp3) is 0.130. The minimum absolute atomic E-state index is 0.0287. The third-order valence-corrected chi connectivity index (χ3v) is 7.00. The lowest BCUT2D eigenvalue weighted by Crippen LogP contribution is -2.45. The van der Waals surface area contributed by atoms with E-state index in [1.54, 1.807) is 36.5 Å². The van der Waals surface area contributed by atoms with Gasteiger partial charge in [0.25, 0.3) is 5.91 Å². The summed E-state index contributed by atoms with van der Waals surface area (Å²) in [5, 5.41) is 8.97. The number of nitrogens with zero attached hydrogens (tertiary/aromatic N) is 4. The summed E-state index contributed by atoms with van der Waals surface area (Å²) < 4.78 is 28.0. The van der Waals surface area contributed by atoms with Crippen molar-refractivity contribution in [1.82, 2.24) is 9.29 Å². The third kappa shape index (κ3) is 4.01. The lowest BCUT2D eigenvalue weighted by Gasteiger charge is -2.27. The van der Waals surface area contributed by atoms with Crippen LogP contribution < -0.4 is 4.90 Å². The Morgan fingerprint density at radius 2 is 1.75 bits per heavy atom. The molecule has 4 rings (SSSR count). The molecule has 2 heterocycles. The van der Waals surface area contributed by atoms with E-state index in [9.17, 15) is 18.0 Å². The van der Waals surface area contributed by atoms with Crippen LogP contribution in [0.3, 0.4) is 0 Å². The largest absolute Gasteiger partial charge is 0.274 e. The van der Waals surface area contributed by atoms with Crippen molar-refractivity contribution in [3.63, 3.8) is 0 Å². The molecule has 1 fully saturated rings. The molecule has 1 aromatic heterocycles. The lowest BCUT2D eigenvalue weighted by molar-refractivity contribution is -0.122. The van der Waals surface area contributed by atoms with Gasteiger partial charge in [0, 0.05) is 18.9 Å². The van der Waals surface area contributed by atoms with Gasteiger partial charge in [-0.1, -0.05) is 24.3 Å². The summed E-state index contributed by atoms with van der Waals surface area (Å²) in [5.41, 5.74) is 1.26. The molecule has 0 saturated carbocycles. The monoisotopic (exact) mass is 446 g/mol. The molecule has 0 N–H and O–H groups in total. The molecule has 160 valence electrons. The Hall–Kier alpha value is -3.87. The molecule has 1 atom stereocenters. The summed E-state index contributed by atoms with van der Waals surface area (Å²) >= 11 is 0. The molecule has 2 aromatic carbocycles. The SMILES string of the molecule is N#Cc1ccc(N2C(=O)CC(N(Cc3cccnc3)S(=O)(=O)c3ccccc3)C2=O)cc1. The van der Waals surface area contributed by atoms with Gasteiger partial charge in [-0.2, -0.15) is 9.57 Å². The highest BCUT2D eigenvalue weighted by Gasteiger charge is 2.47. The van der Waals surface area contributed by atoms with Gasteiger partial charge in [0.2, 0.25) is 15.9 Å². The van der Waals surface area contributed by atoms with Gasteiger partial charge in [0.05, 0.1) is 28.6 Å². The van der Waals surface area contributed by atoms with Crippen LogP contribution in [0.25, 0.3) is 0 Å². The van der Waals surface area contributed by atoms with Crippen LogP contribution in [0.1, 0.15) is 17.5 Å². The van der Waals surface area contributed by atoms with E-state index >= 15 is 0 Å². The predicted molar refractivity (Wildman–Crippen MR) is 115 cm³/mol. The van der Waals surface area contributed by atoms with Crippen molar-refractivity contribution in [3.8, 4) is 6.07 Å². The van der Waals surface area contributed by atoms with E-state index in [-0.39, 0.29) is 17.9 Å². The zero-order chi connectivity index (χ0) is 22.7. The summed E-state index contributed by atoms with van der Waals surface area (Å²) in [7, 11) is -4.09. The number of carbonyl (C=O) groups is 2. The van der Waals surface area contributed by atoms with E-state index in [0.717, 1.165) is 9.21 Å². The Morgan fingerprint density at radius 1 is 1.03 bits per heavy atom. The van der Waals surface area contributed by atoms with E-state index in [4.69, 9.17) is 5.26 Å². The zero-order valence-corrected chi connectivity index (χ0v) is 17.6. The summed E-state index contributed by atoms with van der Waals surface area (Å²) in [6, 6.07) is 17.9. The van der Waals surface area contributed by atoms with Crippen molar-refractivity contribution in [3.05, 3.63) is 90.3 Å². The predicted octanol–water partition coefficient (Wildman–Crippen LogP) is 2.48. The number of anilines is 1. The van der Waals surface area contributed by atoms with Crippen molar-refractivity contribution in [1.29, 1.82) is 5.26 Å². The molecule has 0 radical (unpaired) electrons. The number of imide groups is 1. The van der Waals surface area contributed by atoms with Crippen molar-refractivity contribution >= 4 is 27.5 Å². The number of hydrogen-bond donors (Lipinski definition) is 0. The molecule has 1 unspecified atom stereocenters. The lowest BCUT2D eigenvalue weighted by atomic mass is 10.2. The fourth-order valence-corrected chi connectivity index (χ4v) is 5.15. The third-order valence-electron chi connectivity index (χ3n) is 5.14. The second-order valence-corrected chi connectivity index (χ2v) is 9.06. The van der Waals surface area contributed by atoms with Gasteiger partial charge in [-0.05, 0) is 48.0 Å². The maximum absolute atomic E-state index is 13.5. The first kappa shape index (κ1) is 21.4. The second-order valence-electron chi connectivity index (χ2n) is 7.17. The van der Waals surface area contributed by atoms with E-state index in [0.29, 0.717) is 16.8 Å². The molecule has 9 heteroatoms. The molecule has 1 saturated heterocycles. The number of hydrogen-bond acceptors (Lipinski definition) is 6. The number of rotatable bonds is 6. The summed E-state index contributed by atoms with van der Waals surface area (Å²) in [6.45, 7) is -0.115. The second kappa shape index (κ2) is 8.70. The fourth-order valence-electron chi connectivity index (χ4n) is 3.56. The minimum atomic E-state index is -4.09. The average Bonchev–Trinajstić information content (AvgIpc) is 3.12. The molecule has 1 aliphatic heterocycles. The summed E-state index contributed by atoms with van der Waals surface area (Å²) in [5.74, 6) is -1.15. The van der Waals surface area contributed by atoms with E-state index in [1.165, 1.54) is 42.6 Å². The Kier molecular flexibility index (Phi) is 5.81. The molecule has 1 aliphatic rings. The van der Waals surface area contributed by atoms with Crippen LogP contribution in [-0.2, 0) is 26.2 Å². The Balaban J connectivity index is 1.73. The topological polar surface area (TPSA) is 111 Å². The zero-order valence-electron chi connectivity index (χ0n) is 16.8. The van der Waals surface area contributed by atoms with Crippen LogP contribution in [0.2, 0.25) is 0 Å². The smallest absolute Gasteiger partial charge is 0.252 e. The van der Waals surface area contributed by atoms with E-state index < -0.39 is 27.9 Å². The normalized spacial score (nSPS) is 16.4. The average molecular weight is 446 g/mol. The van der Waals surface area contributed by atoms with E-state index in [2.05, 4.69) is 4.98 Å². The van der Waals surface area contributed by atoms with Crippen LogP contribution in [-0.4, -0.2) is 35.6 Å². The van der Waals surface area contributed by atoms with Crippen LogP contribution in [0.15, 0.2) is 84.0 Å². The number of aromatic nitrogens is 1. The van der Waals surface area contributed by atoms with E-state index in [1.807, 2.05) is 6.07 Å². The summed E-state index contributed by atoms with van der Waals surface area (Å²) in [6.07, 6.45) is 2.80. The molecule has 0 bridgehead atoms. The van der Waals surface area contributed by atoms with Crippen LogP contribution in [0.4, 0.5) is 5.69 Å². The standard InChI is InChI=1S/C23H18N4O4S/c24-14-17-8-10-19(11-9-17)27-22(28)13-21(23(27)29)26(16-18-5-4-12-25-15-18)32(30,31)20-6-2-1-3-7-20/h1-12,15,21H,13,16H2. The van der Waals surface area contributed by atoms with Gasteiger partial charge in [0.15, 0.2) is 0 Å². The van der Waals surface area contributed by atoms with Crippen LogP contribution >= 0.6 is 0 Å². The van der Waals surface area contributed by atoms with Crippen LogP contribution in [0, 0.1) is 11.3 Å². The highest BCUT2D eigenvalue weighted by molar-refractivity contribution is 7.89. The minimum Gasteiger partial charge on any atom is -0.274 e. The van der Waals surface area contributed by atoms with Crippen molar-refractivity contribution in [2.24, 2.45) is 0 Å². The Bertz CT molecular complexity index is 1290. The number of benzene rings is 2. The summed E-state index contributed by atoms with van der Waals surface area (Å²) in [4.78, 5) is 31.1. The quantitative estimate of drug-likeness (QED) is 0.538. The highest BCUT2D eigenvalue weighted by atomic mass is 32.2. The van der Waals surface area contributed by atoms with Crippen LogP contribution in [0.5, 0.6) is 0 Å². The van der Waals surface area contributed by atoms with Gasteiger partial charge in [0.1, 0.15) is 6.04 Å². The highest BCUT2D eigenvalue weighted by Crippen LogP contribution is 2.30. The first-order chi connectivity index (χ1) is 15.4. The number of amides is 2. The van der Waals surface area contributed by atoms with Gasteiger partial charge < -0.3 is 0 Å². The number of carbonyl (C=O) groups excluding carboxylic acids is 2. The molecular weight excluding hydrogens is 428 g/mol. The molecule has 2 amide bonds. The molecule has 3 aromatic rings. The first-order valence-electron chi connectivity index (χ1n) is 9.74. The molecule has 0 spiro atoms. The molecule has 32 heavy (non-hydrogen) atoms. The van der Waals surface area contributed by atoms with Crippen molar-refractivity contribution in [2.45, 2.75) is 23.9 Å². The van der Waals surface area contributed by atoms with Gasteiger partial charge >= 0.3 is 0 Å². The number of nitriles is 1. The first-order valence-corrected chi connectivity index (χ1v) is 11.2. The maximum Gasteiger partial charge on any atom is 0.252 e. The number of sulfonamides is 1. The van der Waals surface area contributed by atoms with Crippen molar-refractivity contribution in [2.75, 3.05) is 4.90 Å². The molecule has 0 aliphatic carbocycles. The molecule has 8 nitrogen and oxygen atoms in total. The molecular formula is C23H18N4O4S. The Morgan fingerprint density at radius 3 is 2.38 bits per heavy atom. The van der Waals surface area contributed by atoms with Gasteiger partial charge in [-0.25, -0.2) is 13.3 Å². The van der Waals surface area contributed by atoms with Gasteiger partial charge in [-0.3, -0.25) is 14.6 Å². The van der Waals surface area contributed by atoms with Gasteiger partial charge in [-0.15, -0.1) is 0 Å². The number of pyridine rings is 1. The van der Waals surface area contributed by atoms with Crippen molar-refractivity contribution < 1.29 is 18.0 Å².